The number of hydrogen-bond acceptors (Lipinski definition) is 5. The van der Waals surface area contributed by atoms with E-state index in [2.05, 4.69) is 10.1 Å². The van der Waals surface area contributed by atoms with Gasteiger partial charge in [-0.3, -0.25) is 14.5 Å². The summed E-state index contributed by atoms with van der Waals surface area (Å²) >= 11 is 12.9. The number of carbonyl (C=O) groups is 1. The standard InChI is InChI=1S/C12H12Cl2N4O2S/c1-3-17(7(2)19)12-16-8(6-21-12)5-18-11(20)10(14)9(13)4-15-18/h4,6H,3,5H2,1-2H3. The largest absolute Gasteiger partial charge is 0.289 e. The Morgan fingerprint density at radius 1 is 1.48 bits per heavy atom. The van der Waals surface area contributed by atoms with Crippen LogP contribution in [0.5, 0.6) is 0 Å². The molecule has 0 atom stereocenters. The van der Waals surface area contributed by atoms with Crippen LogP contribution in [0.2, 0.25) is 10.0 Å². The molecule has 0 spiro atoms. The summed E-state index contributed by atoms with van der Waals surface area (Å²) in [6.45, 7) is 4.05. The van der Waals surface area contributed by atoms with Gasteiger partial charge in [0.05, 0.1) is 23.5 Å². The maximum absolute atomic E-state index is 11.9. The molecule has 0 aliphatic rings. The van der Waals surface area contributed by atoms with Crippen molar-refractivity contribution in [1.29, 1.82) is 0 Å². The van der Waals surface area contributed by atoms with Crippen LogP contribution in [0.1, 0.15) is 19.5 Å². The predicted octanol–water partition coefficient (Wildman–Crippen LogP) is 2.43. The van der Waals surface area contributed by atoms with Gasteiger partial charge >= 0.3 is 0 Å². The Labute approximate surface area is 134 Å². The Balaban J connectivity index is 2.26. The van der Waals surface area contributed by atoms with Crippen LogP contribution in [-0.2, 0) is 11.3 Å². The van der Waals surface area contributed by atoms with Crippen LogP contribution in [-0.4, -0.2) is 27.2 Å². The fourth-order valence-electron chi connectivity index (χ4n) is 1.70. The van der Waals surface area contributed by atoms with Crippen LogP contribution < -0.4 is 10.5 Å². The fourth-order valence-corrected chi connectivity index (χ4v) is 2.89. The summed E-state index contributed by atoms with van der Waals surface area (Å²) in [6, 6.07) is 0. The van der Waals surface area contributed by atoms with Gasteiger partial charge in [-0.1, -0.05) is 23.2 Å². The molecule has 0 unspecified atom stereocenters. The van der Waals surface area contributed by atoms with E-state index in [4.69, 9.17) is 23.2 Å². The number of amides is 1. The fraction of sp³-hybridized carbons (Fsp3) is 0.333. The molecular formula is C12H12Cl2N4O2S. The van der Waals surface area contributed by atoms with Crippen molar-refractivity contribution in [3.8, 4) is 0 Å². The van der Waals surface area contributed by atoms with E-state index in [1.807, 2.05) is 6.92 Å². The molecule has 1 amide bonds. The summed E-state index contributed by atoms with van der Waals surface area (Å²) in [5.74, 6) is -0.0803. The van der Waals surface area contributed by atoms with E-state index in [0.717, 1.165) is 0 Å². The van der Waals surface area contributed by atoms with Gasteiger partial charge in [0, 0.05) is 18.8 Å². The van der Waals surface area contributed by atoms with E-state index in [1.165, 1.54) is 29.1 Å². The molecule has 0 aliphatic heterocycles. The Morgan fingerprint density at radius 2 is 2.19 bits per heavy atom. The van der Waals surface area contributed by atoms with Gasteiger partial charge in [-0.05, 0) is 6.92 Å². The minimum atomic E-state index is -0.474. The number of rotatable bonds is 4. The highest BCUT2D eigenvalue weighted by molar-refractivity contribution is 7.14. The van der Waals surface area contributed by atoms with Gasteiger partial charge in [-0.2, -0.15) is 5.10 Å². The number of aromatic nitrogens is 3. The molecule has 0 saturated heterocycles. The van der Waals surface area contributed by atoms with Crippen LogP contribution >= 0.6 is 34.5 Å². The normalized spacial score (nSPS) is 10.7. The second-order valence-corrected chi connectivity index (χ2v) is 5.78. The van der Waals surface area contributed by atoms with Crippen LogP contribution in [0.3, 0.4) is 0 Å². The van der Waals surface area contributed by atoms with Gasteiger partial charge in [-0.15, -0.1) is 11.3 Å². The van der Waals surface area contributed by atoms with Crippen LogP contribution in [0.25, 0.3) is 0 Å². The van der Waals surface area contributed by atoms with E-state index in [1.54, 1.807) is 10.3 Å². The highest BCUT2D eigenvalue weighted by atomic mass is 35.5. The number of carbonyl (C=O) groups excluding carboxylic acids is 1. The summed E-state index contributed by atoms with van der Waals surface area (Å²) in [5, 5.41) is 6.33. The number of nitrogens with zero attached hydrogens (tertiary/aromatic N) is 4. The summed E-state index contributed by atoms with van der Waals surface area (Å²) in [6.07, 6.45) is 1.31. The maximum atomic E-state index is 11.9. The number of hydrogen-bond donors (Lipinski definition) is 0. The lowest BCUT2D eigenvalue weighted by Gasteiger charge is -2.14. The highest BCUT2D eigenvalue weighted by Gasteiger charge is 2.14. The molecule has 0 saturated carbocycles. The molecule has 2 heterocycles. The summed E-state index contributed by atoms with van der Waals surface area (Å²) in [5.41, 5.74) is 0.153. The molecule has 0 aliphatic carbocycles. The first kappa shape index (κ1) is 15.9. The number of thiazole rings is 1. The predicted molar refractivity (Wildman–Crippen MR) is 83.4 cm³/mol. The van der Waals surface area contributed by atoms with Crippen molar-refractivity contribution in [2.75, 3.05) is 11.4 Å². The van der Waals surface area contributed by atoms with Gasteiger partial charge in [0.25, 0.3) is 5.56 Å². The summed E-state index contributed by atoms with van der Waals surface area (Å²) < 4.78 is 1.18. The van der Waals surface area contributed by atoms with Crippen molar-refractivity contribution in [3.05, 3.63) is 37.7 Å². The highest BCUT2D eigenvalue weighted by Crippen LogP contribution is 2.21. The molecular weight excluding hydrogens is 335 g/mol. The Bertz CT molecular complexity index is 728. The smallest absolute Gasteiger partial charge is 0.287 e. The second kappa shape index (κ2) is 6.55. The minimum absolute atomic E-state index is 0.0685. The average molecular weight is 347 g/mol. The zero-order valence-corrected chi connectivity index (χ0v) is 13.7. The van der Waals surface area contributed by atoms with E-state index in [0.29, 0.717) is 17.4 Å². The lowest BCUT2D eigenvalue weighted by atomic mass is 10.4. The first-order valence-corrected chi connectivity index (χ1v) is 7.71. The SMILES string of the molecule is CCN(C(C)=O)c1nc(Cn2ncc(Cl)c(Cl)c2=O)cs1. The number of halogens is 2. The zero-order chi connectivity index (χ0) is 15.6. The van der Waals surface area contributed by atoms with E-state index < -0.39 is 5.56 Å². The summed E-state index contributed by atoms with van der Waals surface area (Å²) in [7, 11) is 0. The maximum Gasteiger partial charge on any atom is 0.287 e. The Kier molecular flexibility index (Phi) is 4.97. The first-order chi connectivity index (χ1) is 9.93. The molecule has 2 rings (SSSR count). The molecule has 0 radical (unpaired) electrons. The third-order valence-corrected chi connectivity index (χ3v) is 4.38. The Hall–Kier alpha value is -1.44. The molecule has 6 nitrogen and oxygen atoms in total. The average Bonchev–Trinajstić information content (AvgIpc) is 2.88. The van der Waals surface area contributed by atoms with Crippen molar-refractivity contribution in [2.24, 2.45) is 0 Å². The third kappa shape index (κ3) is 3.42. The molecule has 21 heavy (non-hydrogen) atoms. The van der Waals surface area contributed by atoms with Crippen LogP contribution in [0.4, 0.5) is 5.13 Å². The monoisotopic (exact) mass is 346 g/mol. The van der Waals surface area contributed by atoms with Gasteiger partial charge in [0.15, 0.2) is 5.13 Å². The van der Waals surface area contributed by atoms with Crippen molar-refractivity contribution >= 4 is 45.6 Å². The van der Waals surface area contributed by atoms with Crippen molar-refractivity contribution < 1.29 is 4.79 Å². The molecule has 0 aromatic carbocycles. The molecule has 9 heteroatoms. The molecule has 2 aromatic rings. The lowest BCUT2D eigenvalue weighted by molar-refractivity contribution is -0.116. The Morgan fingerprint density at radius 3 is 2.81 bits per heavy atom. The van der Waals surface area contributed by atoms with Gasteiger partial charge < -0.3 is 0 Å². The van der Waals surface area contributed by atoms with Gasteiger partial charge in [0.2, 0.25) is 5.91 Å². The minimum Gasteiger partial charge on any atom is -0.289 e. The van der Waals surface area contributed by atoms with E-state index >= 15 is 0 Å². The molecule has 112 valence electrons. The third-order valence-electron chi connectivity index (χ3n) is 2.72. The first-order valence-electron chi connectivity index (χ1n) is 6.07. The zero-order valence-electron chi connectivity index (χ0n) is 11.3. The van der Waals surface area contributed by atoms with E-state index in [9.17, 15) is 9.59 Å². The number of anilines is 1. The molecule has 2 aromatic heterocycles. The quantitative estimate of drug-likeness (QED) is 0.852. The van der Waals surface area contributed by atoms with Gasteiger partial charge in [-0.25, -0.2) is 9.67 Å². The van der Waals surface area contributed by atoms with E-state index in [-0.39, 0.29) is 22.5 Å². The van der Waals surface area contributed by atoms with Crippen molar-refractivity contribution in [1.82, 2.24) is 14.8 Å². The van der Waals surface area contributed by atoms with Crippen LogP contribution in [0.15, 0.2) is 16.4 Å². The second-order valence-electron chi connectivity index (χ2n) is 4.15. The molecule has 0 bridgehead atoms. The topological polar surface area (TPSA) is 68.1 Å². The summed E-state index contributed by atoms with van der Waals surface area (Å²) in [4.78, 5) is 29.3. The van der Waals surface area contributed by atoms with Crippen LogP contribution in [0, 0.1) is 0 Å². The molecule has 0 fully saturated rings. The van der Waals surface area contributed by atoms with Crippen molar-refractivity contribution in [2.45, 2.75) is 20.4 Å². The molecule has 0 N–H and O–H groups in total. The van der Waals surface area contributed by atoms with Crippen molar-refractivity contribution in [3.63, 3.8) is 0 Å². The lowest BCUT2D eigenvalue weighted by Crippen LogP contribution is -2.28. The van der Waals surface area contributed by atoms with Gasteiger partial charge in [0.1, 0.15) is 5.02 Å².